The first-order valence-corrected chi connectivity index (χ1v) is 7.02. The summed E-state index contributed by atoms with van der Waals surface area (Å²) in [6.07, 6.45) is 9.14. The van der Waals surface area contributed by atoms with Crippen molar-refractivity contribution in [3.63, 3.8) is 0 Å². The minimum absolute atomic E-state index is 0.462. The Balaban J connectivity index is 1.78. The van der Waals surface area contributed by atoms with E-state index in [1.54, 1.807) is 6.07 Å². The minimum Gasteiger partial charge on any atom is -0.478 e. The molecule has 1 aromatic rings. The first-order chi connectivity index (χ1) is 8.70. The second-order valence-electron chi connectivity index (χ2n) is 6.02. The van der Waals surface area contributed by atoms with Crippen molar-refractivity contribution < 1.29 is 9.90 Å². The maximum atomic E-state index is 11.3. The van der Waals surface area contributed by atoms with Crippen LogP contribution in [0.4, 0.5) is 0 Å². The van der Waals surface area contributed by atoms with Crippen LogP contribution in [0.25, 0.3) is 0 Å². The lowest BCUT2D eigenvalue weighted by Crippen LogP contribution is -2.33. The van der Waals surface area contributed by atoms with Gasteiger partial charge in [0.05, 0.1) is 5.56 Å². The van der Waals surface area contributed by atoms with Gasteiger partial charge in [-0.15, -0.1) is 0 Å². The third-order valence-corrected chi connectivity index (χ3v) is 5.09. The van der Waals surface area contributed by atoms with Gasteiger partial charge in [0.15, 0.2) is 0 Å². The Bertz CT molecular complexity index is 450. The molecule has 1 spiro atoms. The number of carboxylic acid groups (broad SMARTS) is 1. The molecule has 0 heterocycles. The fraction of sp³-hybridized carbons (Fsp3) is 0.562. The molecule has 2 aliphatic rings. The molecule has 0 saturated heterocycles. The summed E-state index contributed by atoms with van der Waals surface area (Å²) in [5, 5.41) is 9.26. The van der Waals surface area contributed by atoms with Crippen molar-refractivity contribution in [2.75, 3.05) is 0 Å². The van der Waals surface area contributed by atoms with Gasteiger partial charge in [-0.3, -0.25) is 0 Å². The summed E-state index contributed by atoms with van der Waals surface area (Å²) < 4.78 is 0. The maximum Gasteiger partial charge on any atom is 0.335 e. The zero-order chi connectivity index (χ0) is 12.6. The van der Waals surface area contributed by atoms with E-state index in [0.29, 0.717) is 16.9 Å². The van der Waals surface area contributed by atoms with Gasteiger partial charge in [-0.05, 0) is 61.5 Å². The molecule has 18 heavy (non-hydrogen) atoms. The van der Waals surface area contributed by atoms with Crippen molar-refractivity contribution in [3.8, 4) is 0 Å². The van der Waals surface area contributed by atoms with Crippen LogP contribution in [-0.4, -0.2) is 11.1 Å². The van der Waals surface area contributed by atoms with E-state index >= 15 is 0 Å². The SMILES string of the molecule is O=C(O)c1ccccc1C1CCC2(CCC2)CC1. The van der Waals surface area contributed by atoms with Crippen LogP contribution < -0.4 is 0 Å². The van der Waals surface area contributed by atoms with Crippen LogP contribution in [-0.2, 0) is 0 Å². The highest BCUT2D eigenvalue weighted by Crippen LogP contribution is 2.54. The summed E-state index contributed by atoms with van der Waals surface area (Å²) in [6.45, 7) is 0. The summed E-state index contributed by atoms with van der Waals surface area (Å²) in [5.74, 6) is -0.321. The van der Waals surface area contributed by atoms with Gasteiger partial charge in [-0.25, -0.2) is 4.79 Å². The average molecular weight is 244 g/mol. The van der Waals surface area contributed by atoms with Gasteiger partial charge >= 0.3 is 5.97 Å². The molecule has 96 valence electrons. The maximum absolute atomic E-state index is 11.3. The van der Waals surface area contributed by atoms with Gasteiger partial charge in [0.1, 0.15) is 0 Å². The van der Waals surface area contributed by atoms with Crippen LogP contribution in [0.1, 0.15) is 66.8 Å². The van der Waals surface area contributed by atoms with Crippen LogP contribution in [0.15, 0.2) is 24.3 Å². The van der Waals surface area contributed by atoms with E-state index in [4.69, 9.17) is 0 Å². The van der Waals surface area contributed by atoms with E-state index in [-0.39, 0.29) is 0 Å². The van der Waals surface area contributed by atoms with E-state index < -0.39 is 5.97 Å². The highest BCUT2D eigenvalue weighted by atomic mass is 16.4. The third-order valence-electron chi connectivity index (χ3n) is 5.09. The largest absolute Gasteiger partial charge is 0.478 e. The standard InChI is InChI=1S/C16H20O2/c17-15(18)14-5-2-1-4-13(14)12-6-10-16(11-7-12)8-3-9-16/h1-2,4-5,12H,3,6-11H2,(H,17,18). The average Bonchev–Trinajstić information content (AvgIpc) is 2.37. The van der Waals surface area contributed by atoms with Gasteiger partial charge in [-0.1, -0.05) is 24.6 Å². The van der Waals surface area contributed by atoms with Crippen molar-refractivity contribution in [1.29, 1.82) is 0 Å². The lowest BCUT2D eigenvalue weighted by molar-refractivity contribution is 0.0663. The molecular weight excluding hydrogens is 224 g/mol. The molecule has 0 bridgehead atoms. The summed E-state index contributed by atoms with van der Waals surface area (Å²) in [7, 11) is 0. The van der Waals surface area contributed by atoms with Gasteiger partial charge < -0.3 is 5.11 Å². The van der Waals surface area contributed by atoms with Crippen molar-refractivity contribution in [2.24, 2.45) is 5.41 Å². The number of carbonyl (C=O) groups is 1. The highest BCUT2D eigenvalue weighted by Gasteiger charge is 2.40. The molecule has 0 unspecified atom stereocenters. The number of carboxylic acids is 1. The minimum atomic E-state index is -0.783. The zero-order valence-electron chi connectivity index (χ0n) is 10.7. The topological polar surface area (TPSA) is 37.3 Å². The molecule has 0 radical (unpaired) electrons. The van der Waals surface area contributed by atoms with Crippen molar-refractivity contribution in [3.05, 3.63) is 35.4 Å². The molecule has 3 rings (SSSR count). The van der Waals surface area contributed by atoms with Crippen LogP contribution in [0.5, 0.6) is 0 Å². The van der Waals surface area contributed by atoms with Gasteiger partial charge in [0.25, 0.3) is 0 Å². The zero-order valence-corrected chi connectivity index (χ0v) is 10.7. The molecule has 2 heteroatoms. The Morgan fingerprint density at radius 3 is 2.33 bits per heavy atom. The number of aromatic carboxylic acids is 1. The first-order valence-electron chi connectivity index (χ1n) is 7.02. The van der Waals surface area contributed by atoms with Crippen molar-refractivity contribution in [1.82, 2.24) is 0 Å². The van der Waals surface area contributed by atoms with Crippen molar-refractivity contribution in [2.45, 2.75) is 50.9 Å². The number of hydrogen-bond donors (Lipinski definition) is 1. The van der Waals surface area contributed by atoms with Crippen LogP contribution in [0, 0.1) is 5.41 Å². The Morgan fingerprint density at radius 2 is 1.78 bits per heavy atom. The molecular formula is C16H20O2. The summed E-state index contributed by atoms with van der Waals surface area (Å²) in [6, 6.07) is 7.54. The van der Waals surface area contributed by atoms with Gasteiger partial charge in [0, 0.05) is 0 Å². The number of hydrogen-bond acceptors (Lipinski definition) is 1. The third kappa shape index (κ3) is 1.94. The Hall–Kier alpha value is -1.31. The molecule has 2 nitrogen and oxygen atoms in total. The van der Waals surface area contributed by atoms with Crippen LogP contribution >= 0.6 is 0 Å². The van der Waals surface area contributed by atoms with E-state index in [0.717, 1.165) is 5.56 Å². The lowest BCUT2D eigenvalue weighted by atomic mass is 9.58. The predicted molar refractivity (Wildman–Crippen MR) is 70.9 cm³/mol. The van der Waals surface area contributed by atoms with E-state index in [1.165, 1.54) is 44.9 Å². The summed E-state index contributed by atoms with van der Waals surface area (Å²) >= 11 is 0. The fourth-order valence-electron chi connectivity index (χ4n) is 3.77. The molecule has 2 aliphatic carbocycles. The van der Waals surface area contributed by atoms with Crippen LogP contribution in [0.2, 0.25) is 0 Å². The summed E-state index contributed by atoms with van der Waals surface area (Å²) in [5.41, 5.74) is 2.21. The molecule has 0 aromatic heterocycles. The normalized spacial score (nSPS) is 22.7. The molecule has 0 amide bonds. The molecule has 2 saturated carbocycles. The molecule has 1 N–H and O–H groups in total. The van der Waals surface area contributed by atoms with Gasteiger partial charge in [0.2, 0.25) is 0 Å². The van der Waals surface area contributed by atoms with E-state index in [9.17, 15) is 9.90 Å². The smallest absolute Gasteiger partial charge is 0.335 e. The van der Waals surface area contributed by atoms with Gasteiger partial charge in [-0.2, -0.15) is 0 Å². The molecule has 0 atom stereocenters. The monoisotopic (exact) mass is 244 g/mol. The Morgan fingerprint density at radius 1 is 1.11 bits per heavy atom. The summed E-state index contributed by atoms with van der Waals surface area (Å²) in [4.78, 5) is 11.3. The second-order valence-corrected chi connectivity index (χ2v) is 6.02. The number of rotatable bonds is 2. The Labute approximate surface area is 108 Å². The second kappa shape index (κ2) is 4.42. The predicted octanol–water partition coefficient (Wildman–Crippen LogP) is 4.21. The lowest BCUT2D eigenvalue weighted by Gasteiger charge is -2.47. The fourth-order valence-corrected chi connectivity index (χ4v) is 3.77. The Kier molecular flexibility index (Phi) is 2.89. The first kappa shape index (κ1) is 11.8. The quantitative estimate of drug-likeness (QED) is 0.846. The van der Waals surface area contributed by atoms with E-state index in [1.807, 2.05) is 18.2 Å². The van der Waals surface area contributed by atoms with Crippen LogP contribution in [0.3, 0.4) is 0 Å². The molecule has 1 aromatic carbocycles. The molecule has 2 fully saturated rings. The number of benzene rings is 1. The van der Waals surface area contributed by atoms with Crippen molar-refractivity contribution >= 4 is 5.97 Å². The molecule has 0 aliphatic heterocycles. The van der Waals surface area contributed by atoms with E-state index in [2.05, 4.69) is 0 Å². The highest BCUT2D eigenvalue weighted by molar-refractivity contribution is 5.89.